The predicted molar refractivity (Wildman–Crippen MR) is 132 cm³/mol. The van der Waals surface area contributed by atoms with E-state index in [1.807, 2.05) is 6.07 Å². The summed E-state index contributed by atoms with van der Waals surface area (Å²) < 4.78 is 24.4. The Balaban J connectivity index is 1.43. The van der Waals surface area contributed by atoms with Crippen molar-refractivity contribution in [2.75, 3.05) is 29.6 Å². The number of hydrogen-bond acceptors (Lipinski definition) is 8. The Morgan fingerprint density at radius 3 is 2.62 bits per heavy atom. The summed E-state index contributed by atoms with van der Waals surface area (Å²) in [5.41, 5.74) is 3.14. The lowest BCUT2D eigenvalue weighted by Gasteiger charge is -2.47. The average molecular weight is 480 g/mol. The van der Waals surface area contributed by atoms with E-state index in [1.54, 1.807) is 24.3 Å². The van der Waals surface area contributed by atoms with Crippen LogP contribution >= 0.6 is 0 Å². The van der Waals surface area contributed by atoms with E-state index in [0.29, 0.717) is 17.3 Å². The lowest BCUT2D eigenvalue weighted by molar-refractivity contribution is 0.0191. The molecule has 34 heavy (non-hydrogen) atoms. The molecule has 0 saturated carbocycles. The van der Waals surface area contributed by atoms with Crippen molar-refractivity contribution < 1.29 is 13.5 Å². The average Bonchev–Trinajstić information content (AvgIpc) is 2.83. The molecule has 2 aliphatic rings. The molecule has 0 amide bonds. The van der Waals surface area contributed by atoms with Crippen LogP contribution in [0.1, 0.15) is 24.0 Å². The Bertz CT molecular complexity index is 1280. The fraction of sp³-hybridized carbons (Fsp3) is 0.360. The van der Waals surface area contributed by atoms with Crippen LogP contribution in [0.15, 0.2) is 65.8 Å². The normalized spacial score (nSPS) is 21.2. The van der Waals surface area contributed by atoms with Gasteiger partial charge in [-0.15, -0.1) is 0 Å². The summed E-state index contributed by atoms with van der Waals surface area (Å²) >= 11 is 0. The summed E-state index contributed by atoms with van der Waals surface area (Å²) in [7, 11) is -3.40. The number of nitrogens with one attached hydrogen (secondary N) is 1. The third-order valence-corrected chi connectivity index (χ3v) is 7.75. The topological polar surface area (TPSA) is 98.7 Å². The van der Waals surface area contributed by atoms with Crippen LogP contribution in [0.25, 0.3) is 0 Å². The Kier molecular flexibility index (Phi) is 6.24. The van der Waals surface area contributed by atoms with Gasteiger partial charge < -0.3 is 15.3 Å². The monoisotopic (exact) mass is 479 g/mol. The Labute approximate surface area is 200 Å². The zero-order valence-electron chi connectivity index (χ0n) is 19.1. The van der Waals surface area contributed by atoms with Gasteiger partial charge in [-0.1, -0.05) is 36.4 Å². The predicted octanol–water partition coefficient (Wildman–Crippen LogP) is 2.97. The largest absolute Gasteiger partial charge is 0.390 e. The maximum Gasteiger partial charge on any atom is 0.177 e. The molecule has 3 aromatic rings. The van der Waals surface area contributed by atoms with Gasteiger partial charge in [0.1, 0.15) is 24.1 Å². The zero-order valence-corrected chi connectivity index (χ0v) is 19.9. The summed E-state index contributed by atoms with van der Waals surface area (Å²) in [6.07, 6.45) is 4.55. The molecule has 0 radical (unpaired) electrons. The van der Waals surface area contributed by atoms with E-state index in [1.165, 1.54) is 23.7 Å². The number of sulfone groups is 1. The minimum atomic E-state index is -3.40. The number of hydrogen-bond donors (Lipinski definition) is 2. The number of benzene rings is 2. The van der Waals surface area contributed by atoms with Gasteiger partial charge in [-0.05, 0) is 42.5 Å². The fourth-order valence-corrected chi connectivity index (χ4v) is 5.84. The molecule has 0 bridgehead atoms. The summed E-state index contributed by atoms with van der Waals surface area (Å²) in [5.74, 6) is 1.21. The van der Waals surface area contributed by atoms with Gasteiger partial charge in [0.2, 0.25) is 0 Å². The first-order valence-corrected chi connectivity index (χ1v) is 13.4. The van der Waals surface area contributed by atoms with E-state index in [-0.39, 0.29) is 11.1 Å². The number of piperidine rings is 1. The minimum absolute atomic E-state index is 0.187. The van der Waals surface area contributed by atoms with E-state index in [9.17, 15) is 13.5 Å². The molecule has 1 fully saturated rings. The Morgan fingerprint density at radius 2 is 1.79 bits per heavy atom. The molecule has 9 heteroatoms. The summed E-state index contributed by atoms with van der Waals surface area (Å²) in [6, 6.07) is 17.1. The lowest BCUT2D eigenvalue weighted by Crippen LogP contribution is -2.59. The highest BCUT2D eigenvalue weighted by Gasteiger charge is 2.37. The highest BCUT2D eigenvalue weighted by Crippen LogP contribution is 2.31. The van der Waals surface area contributed by atoms with Gasteiger partial charge in [0.15, 0.2) is 9.84 Å². The standard InChI is InChI=1S/C25H29N5O3S/c1-34(32,33)22-11-5-4-9-20(22)28-23-15-24(27-17-26-23)30-13-6-10-21(31)25(30)29-14-12-18-7-2-3-8-19(18)16-29/h2-5,7-9,11,15,17,21,25,31H,6,10,12-14,16H2,1H3,(H,26,27,28). The molecule has 0 spiro atoms. The van der Waals surface area contributed by atoms with Crippen molar-refractivity contribution in [1.29, 1.82) is 0 Å². The maximum absolute atomic E-state index is 12.2. The number of rotatable bonds is 5. The number of anilines is 3. The molecule has 2 aliphatic heterocycles. The van der Waals surface area contributed by atoms with Crippen molar-refractivity contribution in [2.45, 2.75) is 43.0 Å². The molecule has 2 atom stereocenters. The zero-order chi connectivity index (χ0) is 23.7. The van der Waals surface area contributed by atoms with Crippen LogP contribution in [0.2, 0.25) is 0 Å². The number of para-hydroxylation sites is 1. The first-order chi connectivity index (χ1) is 16.4. The quantitative estimate of drug-likeness (QED) is 0.576. The van der Waals surface area contributed by atoms with Crippen LogP contribution in [0.4, 0.5) is 17.3 Å². The Morgan fingerprint density at radius 1 is 1.03 bits per heavy atom. The highest BCUT2D eigenvalue weighted by molar-refractivity contribution is 7.90. The summed E-state index contributed by atoms with van der Waals surface area (Å²) in [6.45, 7) is 2.43. The molecule has 0 aliphatic carbocycles. The minimum Gasteiger partial charge on any atom is -0.390 e. The van der Waals surface area contributed by atoms with E-state index >= 15 is 0 Å². The SMILES string of the molecule is CS(=O)(=O)c1ccccc1Nc1cc(N2CCCC(O)C2N2CCc3ccccc3C2)ncn1. The van der Waals surface area contributed by atoms with Crippen molar-refractivity contribution in [1.82, 2.24) is 14.9 Å². The second-order valence-corrected chi connectivity index (χ2v) is 10.9. The van der Waals surface area contributed by atoms with Crippen LogP contribution in [0, 0.1) is 0 Å². The van der Waals surface area contributed by atoms with Gasteiger partial charge in [-0.2, -0.15) is 0 Å². The van der Waals surface area contributed by atoms with E-state index in [2.05, 4.69) is 49.4 Å². The van der Waals surface area contributed by atoms with Crippen LogP contribution in [0.5, 0.6) is 0 Å². The first kappa shape index (κ1) is 22.8. The molecule has 1 aromatic heterocycles. The fourth-order valence-electron chi connectivity index (χ4n) is 5.00. The van der Waals surface area contributed by atoms with Gasteiger partial charge in [0.25, 0.3) is 0 Å². The third kappa shape index (κ3) is 4.64. The van der Waals surface area contributed by atoms with E-state index in [0.717, 1.165) is 38.9 Å². The lowest BCUT2D eigenvalue weighted by atomic mass is 9.96. The number of aliphatic hydroxyl groups excluding tert-OH is 1. The van der Waals surface area contributed by atoms with Gasteiger partial charge in [-0.25, -0.2) is 18.4 Å². The van der Waals surface area contributed by atoms with Gasteiger partial charge in [0.05, 0.1) is 16.7 Å². The van der Waals surface area contributed by atoms with E-state index < -0.39 is 15.9 Å². The molecule has 2 unspecified atom stereocenters. The third-order valence-electron chi connectivity index (χ3n) is 6.59. The number of aliphatic hydroxyl groups is 1. The van der Waals surface area contributed by atoms with Crippen molar-refractivity contribution in [2.24, 2.45) is 0 Å². The molecule has 2 N–H and O–H groups in total. The Hall–Kier alpha value is -3.01. The van der Waals surface area contributed by atoms with Crippen molar-refractivity contribution in [3.63, 3.8) is 0 Å². The van der Waals surface area contributed by atoms with Crippen LogP contribution in [-0.4, -0.2) is 60.0 Å². The van der Waals surface area contributed by atoms with Crippen molar-refractivity contribution >= 4 is 27.2 Å². The molecular formula is C25H29N5O3S. The molecule has 1 saturated heterocycles. The maximum atomic E-state index is 12.2. The van der Waals surface area contributed by atoms with Gasteiger partial charge in [-0.3, -0.25) is 4.90 Å². The molecule has 5 rings (SSSR count). The van der Waals surface area contributed by atoms with Crippen LogP contribution in [-0.2, 0) is 22.8 Å². The number of aromatic nitrogens is 2. The second-order valence-electron chi connectivity index (χ2n) is 8.96. The van der Waals surface area contributed by atoms with Crippen LogP contribution in [0.3, 0.4) is 0 Å². The number of fused-ring (bicyclic) bond motifs is 1. The van der Waals surface area contributed by atoms with E-state index in [4.69, 9.17) is 0 Å². The molecule has 2 aromatic carbocycles. The smallest absolute Gasteiger partial charge is 0.177 e. The summed E-state index contributed by atoms with van der Waals surface area (Å²) in [4.78, 5) is 13.5. The molecular weight excluding hydrogens is 450 g/mol. The van der Waals surface area contributed by atoms with Gasteiger partial charge >= 0.3 is 0 Å². The second kappa shape index (κ2) is 9.32. The highest BCUT2D eigenvalue weighted by atomic mass is 32.2. The first-order valence-electron chi connectivity index (χ1n) is 11.5. The molecule has 178 valence electrons. The van der Waals surface area contributed by atoms with Gasteiger partial charge in [0, 0.05) is 32.0 Å². The number of nitrogens with zero attached hydrogens (tertiary/aromatic N) is 4. The van der Waals surface area contributed by atoms with Crippen molar-refractivity contribution in [3.05, 3.63) is 72.1 Å². The van der Waals surface area contributed by atoms with Crippen molar-refractivity contribution in [3.8, 4) is 0 Å². The molecule has 8 nitrogen and oxygen atoms in total. The summed E-state index contributed by atoms with van der Waals surface area (Å²) in [5, 5.41) is 14.2. The molecule has 3 heterocycles. The van der Waals surface area contributed by atoms with Crippen LogP contribution < -0.4 is 10.2 Å².